The summed E-state index contributed by atoms with van der Waals surface area (Å²) in [5.74, 6) is 0.450. The molecule has 1 aromatic rings. The topological polar surface area (TPSA) is 38.3 Å². The summed E-state index contributed by atoms with van der Waals surface area (Å²) < 4.78 is 5.54. The van der Waals surface area contributed by atoms with Gasteiger partial charge in [-0.25, -0.2) is 0 Å². The van der Waals surface area contributed by atoms with E-state index in [0.29, 0.717) is 19.8 Å². The van der Waals surface area contributed by atoms with Gasteiger partial charge >= 0.3 is 0 Å². The summed E-state index contributed by atoms with van der Waals surface area (Å²) in [6.45, 7) is 1.80. The second-order valence-corrected chi connectivity index (χ2v) is 5.16. The molecule has 0 saturated heterocycles. The Morgan fingerprint density at radius 1 is 1.16 bits per heavy atom. The lowest BCUT2D eigenvalue weighted by Crippen LogP contribution is -2.34. The highest BCUT2D eigenvalue weighted by molar-refractivity contribution is 5.78. The molecule has 0 aromatic heterocycles. The molecule has 3 heteroatoms. The average Bonchev–Trinajstić information content (AvgIpc) is 2.49. The number of carbonyl (C=O) groups excluding carboxylic acids is 1. The van der Waals surface area contributed by atoms with Crippen molar-refractivity contribution in [3.05, 3.63) is 35.9 Å². The summed E-state index contributed by atoms with van der Waals surface area (Å²) in [5, 5.41) is 2.97. The maximum Gasteiger partial charge on any atom is 0.223 e. The van der Waals surface area contributed by atoms with E-state index >= 15 is 0 Å². The second kappa shape index (κ2) is 7.95. The number of amides is 1. The van der Waals surface area contributed by atoms with E-state index in [4.69, 9.17) is 4.74 Å². The van der Waals surface area contributed by atoms with Crippen molar-refractivity contribution in [3.63, 3.8) is 0 Å². The van der Waals surface area contributed by atoms with Crippen LogP contribution in [0.2, 0.25) is 0 Å². The number of ether oxygens (including phenoxy) is 1. The van der Waals surface area contributed by atoms with Gasteiger partial charge in [0.25, 0.3) is 0 Å². The molecule has 1 amide bonds. The molecule has 0 heterocycles. The van der Waals surface area contributed by atoms with Gasteiger partial charge in [0, 0.05) is 12.5 Å². The number of carbonyl (C=O) groups is 1. The zero-order chi connectivity index (χ0) is 13.3. The Hall–Kier alpha value is -1.35. The van der Waals surface area contributed by atoms with Crippen LogP contribution in [0.1, 0.15) is 37.7 Å². The van der Waals surface area contributed by atoms with Crippen molar-refractivity contribution in [2.75, 3.05) is 13.2 Å². The molecule has 1 saturated carbocycles. The first-order valence-corrected chi connectivity index (χ1v) is 7.25. The molecule has 0 spiro atoms. The molecule has 1 fully saturated rings. The van der Waals surface area contributed by atoms with Crippen LogP contribution in [0.15, 0.2) is 30.3 Å². The summed E-state index contributed by atoms with van der Waals surface area (Å²) in [4.78, 5) is 11.9. The van der Waals surface area contributed by atoms with E-state index in [1.54, 1.807) is 0 Å². The van der Waals surface area contributed by atoms with Crippen molar-refractivity contribution < 1.29 is 9.53 Å². The summed E-state index contributed by atoms with van der Waals surface area (Å²) in [7, 11) is 0. The summed E-state index contributed by atoms with van der Waals surface area (Å²) in [6.07, 6.45) is 5.78. The molecular formula is C16H23NO2. The minimum Gasteiger partial charge on any atom is -0.375 e. The van der Waals surface area contributed by atoms with Gasteiger partial charge in [-0.2, -0.15) is 0 Å². The highest BCUT2D eigenvalue weighted by Crippen LogP contribution is 2.23. The van der Waals surface area contributed by atoms with E-state index in [9.17, 15) is 4.79 Å². The third-order valence-electron chi connectivity index (χ3n) is 3.63. The quantitative estimate of drug-likeness (QED) is 0.800. The standard InChI is InChI=1S/C16H23NO2/c18-16(15-9-5-2-6-10-15)17-11-12-19-13-14-7-3-1-4-8-14/h1,3-4,7-8,15H,2,5-6,9-13H2,(H,17,18). The number of benzene rings is 1. The Bertz CT molecular complexity index is 372. The highest BCUT2D eigenvalue weighted by Gasteiger charge is 2.20. The summed E-state index contributed by atoms with van der Waals surface area (Å²) in [6, 6.07) is 10.1. The van der Waals surface area contributed by atoms with Crippen LogP contribution < -0.4 is 5.32 Å². The van der Waals surface area contributed by atoms with Gasteiger partial charge in [0.1, 0.15) is 0 Å². The van der Waals surface area contributed by atoms with E-state index in [1.807, 2.05) is 30.3 Å². The Morgan fingerprint density at radius 3 is 2.63 bits per heavy atom. The van der Waals surface area contributed by atoms with Gasteiger partial charge < -0.3 is 10.1 Å². The lowest BCUT2D eigenvalue weighted by Gasteiger charge is -2.20. The zero-order valence-electron chi connectivity index (χ0n) is 11.4. The first-order chi connectivity index (χ1) is 9.36. The molecule has 0 unspecified atom stereocenters. The molecule has 2 rings (SSSR count). The molecule has 104 valence electrons. The number of rotatable bonds is 6. The van der Waals surface area contributed by atoms with E-state index in [0.717, 1.165) is 12.8 Å². The third-order valence-corrected chi connectivity index (χ3v) is 3.63. The Balaban J connectivity index is 1.55. The Kier molecular flexibility index (Phi) is 5.89. The van der Waals surface area contributed by atoms with E-state index in [-0.39, 0.29) is 11.8 Å². The van der Waals surface area contributed by atoms with Crippen molar-refractivity contribution in [1.29, 1.82) is 0 Å². The number of nitrogens with one attached hydrogen (secondary N) is 1. The van der Waals surface area contributed by atoms with Crippen LogP contribution in [-0.4, -0.2) is 19.1 Å². The predicted molar refractivity (Wildman–Crippen MR) is 75.7 cm³/mol. The summed E-state index contributed by atoms with van der Waals surface area (Å²) in [5.41, 5.74) is 1.17. The predicted octanol–water partition coefficient (Wildman–Crippen LogP) is 2.90. The van der Waals surface area contributed by atoms with Crippen molar-refractivity contribution in [1.82, 2.24) is 5.32 Å². The van der Waals surface area contributed by atoms with Crippen LogP contribution >= 0.6 is 0 Å². The fourth-order valence-corrected chi connectivity index (χ4v) is 2.52. The normalized spacial score (nSPS) is 16.2. The van der Waals surface area contributed by atoms with Crippen LogP contribution in [0.3, 0.4) is 0 Å². The van der Waals surface area contributed by atoms with Gasteiger partial charge in [-0.3, -0.25) is 4.79 Å². The van der Waals surface area contributed by atoms with E-state index in [1.165, 1.54) is 24.8 Å². The monoisotopic (exact) mass is 261 g/mol. The number of hydrogen-bond donors (Lipinski definition) is 1. The molecule has 3 nitrogen and oxygen atoms in total. The Morgan fingerprint density at radius 2 is 1.89 bits per heavy atom. The van der Waals surface area contributed by atoms with Crippen LogP contribution in [0.25, 0.3) is 0 Å². The second-order valence-electron chi connectivity index (χ2n) is 5.16. The molecular weight excluding hydrogens is 238 g/mol. The molecule has 1 N–H and O–H groups in total. The molecule has 0 aliphatic heterocycles. The van der Waals surface area contributed by atoms with Crippen LogP contribution in [-0.2, 0) is 16.1 Å². The van der Waals surface area contributed by atoms with Crippen molar-refractivity contribution in [2.24, 2.45) is 5.92 Å². The molecule has 0 radical (unpaired) electrons. The first-order valence-electron chi connectivity index (χ1n) is 7.25. The fourth-order valence-electron chi connectivity index (χ4n) is 2.52. The molecule has 0 bridgehead atoms. The van der Waals surface area contributed by atoms with E-state index < -0.39 is 0 Å². The lowest BCUT2D eigenvalue weighted by molar-refractivity contribution is -0.126. The van der Waals surface area contributed by atoms with Gasteiger partial charge in [-0.15, -0.1) is 0 Å². The molecule has 1 aliphatic carbocycles. The highest BCUT2D eigenvalue weighted by atomic mass is 16.5. The maximum atomic E-state index is 11.9. The lowest BCUT2D eigenvalue weighted by atomic mass is 9.89. The van der Waals surface area contributed by atoms with Crippen molar-refractivity contribution in [3.8, 4) is 0 Å². The van der Waals surface area contributed by atoms with Gasteiger partial charge in [-0.1, -0.05) is 49.6 Å². The Labute approximate surface area is 115 Å². The third kappa shape index (κ3) is 5.03. The van der Waals surface area contributed by atoms with Gasteiger partial charge in [0.05, 0.1) is 13.2 Å². The molecule has 1 aromatic carbocycles. The minimum atomic E-state index is 0.211. The van der Waals surface area contributed by atoms with Crippen LogP contribution in [0.4, 0.5) is 0 Å². The zero-order valence-corrected chi connectivity index (χ0v) is 11.4. The fraction of sp³-hybridized carbons (Fsp3) is 0.562. The number of hydrogen-bond acceptors (Lipinski definition) is 2. The largest absolute Gasteiger partial charge is 0.375 e. The van der Waals surface area contributed by atoms with Gasteiger partial charge in [0.2, 0.25) is 5.91 Å². The molecule has 1 aliphatic rings. The SMILES string of the molecule is O=C(NCCOCc1ccccc1)C1CCCCC1. The smallest absolute Gasteiger partial charge is 0.223 e. The van der Waals surface area contributed by atoms with Crippen molar-refractivity contribution in [2.45, 2.75) is 38.7 Å². The molecule has 0 atom stereocenters. The molecule has 19 heavy (non-hydrogen) atoms. The van der Waals surface area contributed by atoms with Gasteiger partial charge in [-0.05, 0) is 18.4 Å². The minimum absolute atomic E-state index is 0.211. The van der Waals surface area contributed by atoms with Crippen LogP contribution in [0, 0.1) is 5.92 Å². The first kappa shape index (κ1) is 14.1. The summed E-state index contributed by atoms with van der Waals surface area (Å²) >= 11 is 0. The van der Waals surface area contributed by atoms with Gasteiger partial charge in [0.15, 0.2) is 0 Å². The average molecular weight is 261 g/mol. The van der Waals surface area contributed by atoms with Crippen molar-refractivity contribution >= 4 is 5.91 Å². The van der Waals surface area contributed by atoms with E-state index in [2.05, 4.69) is 5.32 Å². The van der Waals surface area contributed by atoms with Crippen LogP contribution in [0.5, 0.6) is 0 Å². The maximum absolute atomic E-state index is 11.9.